The molecule has 0 fully saturated rings. The second-order valence-corrected chi connectivity index (χ2v) is 7.67. The van der Waals surface area contributed by atoms with Gasteiger partial charge in [0.1, 0.15) is 11.5 Å². The number of nitrogens with one attached hydrogen (secondary N) is 1. The lowest BCUT2D eigenvalue weighted by atomic mass is 10.2. The van der Waals surface area contributed by atoms with E-state index in [0.29, 0.717) is 28.8 Å². The third-order valence-electron chi connectivity index (χ3n) is 4.57. The van der Waals surface area contributed by atoms with Crippen LogP contribution in [-0.2, 0) is 11.3 Å². The summed E-state index contributed by atoms with van der Waals surface area (Å²) in [6.07, 6.45) is 1.61. The van der Waals surface area contributed by atoms with Gasteiger partial charge < -0.3 is 14.5 Å². The molecule has 0 aliphatic rings. The van der Waals surface area contributed by atoms with Crippen LogP contribution in [0.2, 0.25) is 0 Å². The maximum absolute atomic E-state index is 12.5. The zero-order valence-electron chi connectivity index (χ0n) is 17.2. The molecule has 2 aromatic heterocycles. The summed E-state index contributed by atoms with van der Waals surface area (Å²) in [4.78, 5) is 12.5. The maximum Gasteiger partial charge on any atom is 0.234 e. The molecule has 0 aliphatic heterocycles. The van der Waals surface area contributed by atoms with E-state index in [-0.39, 0.29) is 11.7 Å². The Morgan fingerprint density at radius 2 is 2.03 bits per heavy atom. The minimum atomic E-state index is -0.205. The second kappa shape index (κ2) is 9.85. The van der Waals surface area contributed by atoms with Crippen LogP contribution in [0.1, 0.15) is 11.3 Å². The third kappa shape index (κ3) is 4.99. The number of thioether (sulfide) groups is 1. The van der Waals surface area contributed by atoms with Crippen molar-refractivity contribution >= 4 is 23.4 Å². The minimum absolute atomic E-state index is 0.135. The number of methoxy groups -OCH3 is 1. The van der Waals surface area contributed by atoms with Gasteiger partial charge in [0.25, 0.3) is 0 Å². The van der Waals surface area contributed by atoms with Gasteiger partial charge in [0.2, 0.25) is 5.91 Å². The number of ether oxygens (including phenoxy) is 1. The largest absolute Gasteiger partial charge is 0.497 e. The molecule has 160 valence electrons. The standard InChI is InChI=1S/C23H19N5O3S/c1-30-19-9-7-17(8-10-19)22-26-27-23(28(22)14-20-6-3-11-31-20)32-15-21(29)25-18-5-2-4-16(12-18)13-24/h2-12H,14-15H2,1H3,(H,25,29). The van der Waals surface area contributed by atoms with Crippen molar-refractivity contribution in [2.24, 2.45) is 0 Å². The number of anilines is 1. The van der Waals surface area contributed by atoms with Crippen LogP contribution in [0.5, 0.6) is 5.75 Å². The van der Waals surface area contributed by atoms with Gasteiger partial charge >= 0.3 is 0 Å². The molecule has 0 saturated carbocycles. The van der Waals surface area contributed by atoms with Crippen molar-refractivity contribution in [1.29, 1.82) is 5.26 Å². The summed E-state index contributed by atoms with van der Waals surface area (Å²) in [6.45, 7) is 0.426. The Morgan fingerprint density at radius 1 is 1.19 bits per heavy atom. The van der Waals surface area contributed by atoms with Crippen molar-refractivity contribution in [2.75, 3.05) is 18.2 Å². The molecule has 0 radical (unpaired) electrons. The fourth-order valence-electron chi connectivity index (χ4n) is 3.04. The highest BCUT2D eigenvalue weighted by molar-refractivity contribution is 7.99. The topological polar surface area (TPSA) is 106 Å². The van der Waals surface area contributed by atoms with E-state index in [4.69, 9.17) is 14.4 Å². The Kier molecular flexibility index (Phi) is 6.53. The lowest BCUT2D eigenvalue weighted by Crippen LogP contribution is -2.15. The Hall–Kier alpha value is -4.03. The number of benzene rings is 2. The summed E-state index contributed by atoms with van der Waals surface area (Å²) in [5, 5.41) is 21.1. The second-order valence-electron chi connectivity index (χ2n) is 6.73. The van der Waals surface area contributed by atoms with Gasteiger partial charge in [-0.15, -0.1) is 10.2 Å². The molecule has 8 nitrogen and oxygen atoms in total. The average molecular weight is 446 g/mol. The number of furan rings is 1. The molecular formula is C23H19N5O3S. The molecule has 0 aliphatic carbocycles. The summed E-state index contributed by atoms with van der Waals surface area (Å²) in [5.74, 6) is 2.09. The number of rotatable bonds is 8. The van der Waals surface area contributed by atoms with Crippen LogP contribution in [0.3, 0.4) is 0 Å². The molecule has 4 aromatic rings. The Balaban J connectivity index is 1.52. The Morgan fingerprint density at radius 3 is 2.75 bits per heavy atom. The molecule has 0 spiro atoms. The lowest BCUT2D eigenvalue weighted by molar-refractivity contribution is -0.113. The predicted molar refractivity (Wildman–Crippen MR) is 120 cm³/mol. The molecule has 1 amide bonds. The lowest BCUT2D eigenvalue weighted by Gasteiger charge is -2.10. The summed E-state index contributed by atoms with van der Waals surface area (Å²) < 4.78 is 12.6. The van der Waals surface area contributed by atoms with Crippen LogP contribution >= 0.6 is 11.8 Å². The van der Waals surface area contributed by atoms with Crippen molar-refractivity contribution in [3.05, 3.63) is 78.3 Å². The van der Waals surface area contributed by atoms with Gasteiger partial charge in [-0.25, -0.2) is 0 Å². The van der Waals surface area contributed by atoms with Crippen LogP contribution in [0.4, 0.5) is 5.69 Å². The fourth-order valence-corrected chi connectivity index (χ4v) is 3.78. The van der Waals surface area contributed by atoms with E-state index < -0.39 is 0 Å². The number of carbonyl (C=O) groups excluding carboxylic acids is 1. The quantitative estimate of drug-likeness (QED) is 0.405. The number of aromatic nitrogens is 3. The smallest absolute Gasteiger partial charge is 0.234 e. The maximum atomic E-state index is 12.5. The predicted octanol–water partition coefficient (Wildman–Crippen LogP) is 4.20. The number of hydrogen-bond acceptors (Lipinski definition) is 7. The van der Waals surface area contributed by atoms with E-state index in [1.807, 2.05) is 41.0 Å². The molecule has 0 atom stereocenters. The van der Waals surface area contributed by atoms with Gasteiger partial charge in [-0.05, 0) is 54.6 Å². The van der Waals surface area contributed by atoms with Gasteiger partial charge in [-0.2, -0.15) is 5.26 Å². The molecule has 0 saturated heterocycles. The first-order valence-corrected chi connectivity index (χ1v) is 10.7. The zero-order valence-corrected chi connectivity index (χ0v) is 18.0. The number of amides is 1. The molecule has 0 unspecified atom stereocenters. The highest BCUT2D eigenvalue weighted by Crippen LogP contribution is 2.27. The molecular weight excluding hydrogens is 426 g/mol. The Labute approximate surface area is 188 Å². The summed E-state index contributed by atoms with van der Waals surface area (Å²) in [7, 11) is 1.62. The molecule has 2 aromatic carbocycles. The molecule has 0 bridgehead atoms. The average Bonchev–Trinajstić information content (AvgIpc) is 3.48. The highest BCUT2D eigenvalue weighted by Gasteiger charge is 2.17. The summed E-state index contributed by atoms with van der Waals surface area (Å²) >= 11 is 1.28. The summed E-state index contributed by atoms with van der Waals surface area (Å²) in [6, 6.07) is 20.1. The van der Waals surface area contributed by atoms with Crippen LogP contribution in [-0.4, -0.2) is 33.5 Å². The number of nitrogens with zero attached hydrogens (tertiary/aromatic N) is 4. The minimum Gasteiger partial charge on any atom is -0.497 e. The fraction of sp³-hybridized carbons (Fsp3) is 0.130. The van der Waals surface area contributed by atoms with E-state index in [1.54, 1.807) is 37.6 Å². The number of hydrogen-bond donors (Lipinski definition) is 1. The first kappa shape index (κ1) is 21.2. The van der Waals surface area contributed by atoms with Crippen LogP contribution < -0.4 is 10.1 Å². The van der Waals surface area contributed by atoms with E-state index in [1.165, 1.54) is 11.8 Å². The molecule has 4 rings (SSSR count). The molecule has 2 heterocycles. The zero-order chi connectivity index (χ0) is 22.3. The van der Waals surface area contributed by atoms with Gasteiger partial charge in [-0.1, -0.05) is 17.8 Å². The third-order valence-corrected chi connectivity index (χ3v) is 5.53. The first-order valence-electron chi connectivity index (χ1n) is 9.69. The molecule has 9 heteroatoms. The van der Waals surface area contributed by atoms with Gasteiger partial charge in [-0.3, -0.25) is 9.36 Å². The van der Waals surface area contributed by atoms with Crippen molar-refractivity contribution in [1.82, 2.24) is 14.8 Å². The van der Waals surface area contributed by atoms with E-state index in [2.05, 4.69) is 21.6 Å². The van der Waals surface area contributed by atoms with Gasteiger partial charge in [0, 0.05) is 11.3 Å². The number of nitriles is 1. The number of carbonyl (C=O) groups is 1. The van der Waals surface area contributed by atoms with Crippen molar-refractivity contribution in [3.8, 4) is 23.2 Å². The van der Waals surface area contributed by atoms with Gasteiger partial charge in [0.15, 0.2) is 11.0 Å². The van der Waals surface area contributed by atoms with E-state index in [0.717, 1.165) is 17.1 Å². The monoisotopic (exact) mass is 445 g/mol. The van der Waals surface area contributed by atoms with Crippen LogP contribution in [0.25, 0.3) is 11.4 Å². The van der Waals surface area contributed by atoms with Crippen molar-refractivity contribution in [2.45, 2.75) is 11.7 Å². The normalized spacial score (nSPS) is 10.5. The van der Waals surface area contributed by atoms with Gasteiger partial charge in [0.05, 0.1) is 37.3 Å². The van der Waals surface area contributed by atoms with Crippen molar-refractivity contribution in [3.63, 3.8) is 0 Å². The summed E-state index contributed by atoms with van der Waals surface area (Å²) in [5.41, 5.74) is 1.93. The van der Waals surface area contributed by atoms with Crippen LogP contribution in [0, 0.1) is 11.3 Å². The molecule has 1 N–H and O–H groups in total. The highest BCUT2D eigenvalue weighted by atomic mass is 32.2. The van der Waals surface area contributed by atoms with E-state index >= 15 is 0 Å². The van der Waals surface area contributed by atoms with E-state index in [9.17, 15) is 4.79 Å². The SMILES string of the molecule is COc1ccc(-c2nnc(SCC(=O)Nc3cccc(C#N)c3)n2Cc2ccco2)cc1. The molecule has 32 heavy (non-hydrogen) atoms. The van der Waals surface area contributed by atoms with Crippen LogP contribution in [0.15, 0.2) is 76.5 Å². The first-order chi connectivity index (χ1) is 15.7. The van der Waals surface area contributed by atoms with Crippen molar-refractivity contribution < 1.29 is 13.9 Å². The Bertz CT molecular complexity index is 1240.